The van der Waals surface area contributed by atoms with E-state index in [2.05, 4.69) is 15.3 Å². The second-order valence-corrected chi connectivity index (χ2v) is 7.76. The Labute approximate surface area is 179 Å². The number of amides is 2. The highest BCUT2D eigenvalue weighted by molar-refractivity contribution is 6.03. The van der Waals surface area contributed by atoms with Crippen molar-refractivity contribution >= 4 is 29.0 Å². The summed E-state index contributed by atoms with van der Waals surface area (Å²) in [5.41, 5.74) is 4.40. The molecule has 4 aromatic rings. The van der Waals surface area contributed by atoms with Crippen LogP contribution in [0.4, 0.5) is 11.4 Å². The molecule has 31 heavy (non-hydrogen) atoms. The van der Waals surface area contributed by atoms with Gasteiger partial charge in [0.25, 0.3) is 0 Å². The van der Waals surface area contributed by atoms with Gasteiger partial charge in [0.1, 0.15) is 0 Å². The van der Waals surface area contributed by atoms with Crippen molar-refractivity contribution in [2.45, 2.75) is 13.3 Å². The van der Waals surface area contributed by atoms with Crippen molar-refractivity contribution in [1.82, 2.24) is 14.4 Å². The number of carbonyl (C=O) groups excluding carboxylic acids is 2. The lowest BCUT2D eigenvalue weighted by atomic mass is 10.1. The molecule has 7 nitrogen and oxygen atoms in total. The maximum Gasteiger partial charge on any atom is 0.234 e. The zero-order chi connectivity index (χ0) is 21.4. The summed E-state index contributed by atoms with van der Waals surface area (Å²) >= 11 is 0. The molecule has 5 rings (SSSR count). The van der Waals surface area contributed by atoms with Crippen molar-refractivity contribution in [3.05, 3.63) is 78.8 Å². The molecule has 1 aliphatic heterocycles. The molecule has 0 radical (unpaired) electrons. The number of nitrogens with zero attached hydrogens (tertiary/aromatic N) is 4. The van der Waals surface area contributed by atoms with E-state index in [0.29, 0.717) is 18.0 Å². The third-order valence-electron chi connectivity index (χ3n) is 5.53. The fourth-order valence-corrected chi connectivity index (χ4v) is 3.80. The van der Waals surface area contributed by atoms with Crippen molar-refractivity contribution in [3.8, 4) is 11.3 Å². The summed E-state index contributed by atoms with van der Waals surface area (Å²) in [6, 6.07) is 17.1. The van der Waals surface area contributed by atoms with E-state index in [1.165, 1.54) is 0 Å². The van der Waals surface area contributed by atoms with Crippen LogP contribution in [-0.4, -0.2) is 32.7 Å². The lowest BCUT2D eigenvalue weighted by Crippen LogP contribution is -2.28. The van der Waals surface area contributed by atoms with Crippen LogP contribution in [0.5, 0.6) is 0 Å². The number of hydrogen-bond donors (Lipinski definition) is 1. The van der Waals surface area contributed by atoms with Gasteiger partial charge >= 0.3 is 0 Å². The van der Waals surface area contributed by atoms with Crippen molar-refractivity contribution in [2.24, 2.45) is 5.92 Å². The summed E-state index contributed by atoms with van der Waals surface area (Å²) in [4.78, 5) is 35.6. The monoisotopic (exact) mass is 411 g/mol. The Bertz CT molecular complexity index is 1230. The minimum atomic E-state index is -0.377. The lowest BCUT2D eigenvalue weighted by molar-refractivity contribution is -0.122. The van der Waals surface area contributed by atoms with Crippen molar-refractivity contribution in [1.29, 1.82) is 0 Å². The number of benzene rings is 2. The topological polar surface area (TPSA) is 79.6 Å². The SMILES string of the molecule is Cc1ccc(N2C[C@@H](C(=O)Nc3ccc(-c4cn5cccnc5n4)cc3)CC2=O)cc1. The van der Waals surface area contributed by atoms with E-state index >= 15 is 0 Å². The molecular weight excluding hydrogens is 390 g/mol. The van der Waals surface area contributed by atoms with Gasteiger partial charge in [0.05, 0.1) is 11.6 Å². The Morgan fingerprint density at radius 3 is 2.61 bits per heavy atom. The van der Waals surface area contributed by atoms with Crippen LogP contribution < -0.4 is 10.2 Å². The first-order chi connectivity index (χ1) is 15.1. The zero-order valence-corrected chi connectivity index (χ0v) is 17.0. The van der Waals surface area contributed by atoms with Crippen LogP contribution in [0.25, 0.3) is 17.0 Å². The number of aromatic nitrogens is 3. The van der Waals surface area contributed by atoms with E-state index in [1.807, 2.05) is 78.3 Å². The Kier molecular flexibility index (Phi) is 4.71. The van der Waals surface area contributed by atoms with Gasteiger partial charge in [0.2, 0.25) is 17.6 Å². The molecule has 0 saturated carbocycles. The molecule has 7 heteroatoms. The minimum absolute atomic E-state index is 0.0280. The molecule has 2 aromatic heterocycles. The van der Waals surface area contributed by atoms with Gasteiger partial charge in [-0.25, -0.2) is 9.97 Å². The van der Waals surface area contributed by atoms with Gasteiger partial charge in [-0.05, 0) is 37.3 Å². The summed E-state index contributed by atoms with van der Waals surface area (Å²) < 4.78 is 1.86. The predicted molar refractivity (Wildman–Crippen MR) is 119 cm³/mol. The Morgan fingerprint density at radius 2 is 1.87 bits per heavy atom. The number of anilines is 2. The van der Waals surface area contributed by atoms with Gasteiger partial charge in [-0.15, -0.1) is 0 Å². The minimum Gasteiger partial charge on any atom is -0.326 e. The molecule has 1 N–H and O–H groups in total. The maximum atomic E-state index is 12.7. The molecule has 3 heterocycles. The Hall–Kier alpha value is -4.00. The van der Waals surface area contributed by atoms with Crippen LogP contribution in [-0.2, 0) is 9.59 Å². The summed E-state index contributed by atoms with van der Waals surface area (Å²) in [6.45, 7) is 2.39. The highest BCUT2D eigenvalue weighted by Crippen LogP contribution is 2.27. The fraction of sp³-hybridized carbons (Fsp3) is 0.167. The Balaban J connectivity index is 1.26. The van der Waals surface area contributed by atoms with Gasteiger partial charge in [-0.2, -0.15) is 0 Å². The molecule has 0 aliphatic carbocycles. The molecule has 1 aliphatic rings. The standard InChI is InChI=1S/C24H21N5O2/c1-16-3-9-20(10-4-16)29-14-18(13-22(29)30)23(31)26-19-7-5-17(6-8-19)21-15-28-12-2-11-25-24(28)27-21/h2-12,15,18H,13-14H2,1H3,(H,26,31)/t18-/m0/s1. The van der Waals surface area contributed by atoms with E-state index in [4.69, 9.17) is 0 Å². The second-order valence-electron chi connectivity index (χ2n) is 7.76. The third-order valence-corrected chi connectivity index (χ3v) is 5.53. The summed E-state index contributed by atoms with van der Waals surface area (Å²) in [7, 11) is 0. The van der Waals surface area contributed by atoms with Gasteiger partial charge in [0, 0.05) is 48.5 Å². The first kappa shape index (κ1) is 19.0. The molecule has 1 saturated heterocycles. The van der Waals surface area contributed by atoms with E-state index in [9.17, 15) is 9.59 Å². The van der Waals surface area contributed by atoms with Gasteiger partial charge in [-0.1, -0.05) is 29.8 Å². The van der Waals surface area contributed by atoms with E-state index in [1.54, 1.807) is 11.1 Å². The van der Waals surface area contributed by atoms with Gasteiger partial charge < -0.3 is 10.2 Å². The quantitative estimate of drug-likeness (QED) is 0.555. The molecule has 1 fully saturated rings. The van der Waals surface area contributed by atoms with Crippen LogP contribution in [0.1, 0.15) is 12.0 Å². The second kappa shape index (κ2) is 7.68. The molecule has 1 atom stereocenters. The maximum absolute atomic E-state index is 12.7. The first-order valence-corrected chi connectivity index (χ1v) is 10.1. The van der Waals surface area contributed by atoms with Crippen molar-refractivity contribution in [2.75, 3.05) is 16.8 Å². The zero-order valence-electron chi connectivity index (χ0n) is 17.0. The molecule has 0 bridgehead atoms. The third kappa shape index (κ3) is 3.77. The largest absolute Gasteiger partial charge is 0.326 e. The average molecular weight is 411 g/mol. The lowest BCUT2D eigenvalue weighted by Gasteiger charge is -2.17. The molecule has 2 amide bonds. The van der Waals surface area contributed by atoms with Crippen LogP contribution in [0.3, 0.4) is 0 Å². The highest BCUT2D eigenvalue weighted by Gasteiger charge is 2.35. The van der Waals surface area contributed by atoms with Crippen LogP contribution >= 0.6 is 0 Å². The van der Waals surface area contributed by atoms with E-state index < -0.39 is 0 Å². The molecular formula is C24H21N5O2. The average Bonchev–Trinajstić information content (AvgIpc) is 3.39. The van der Waals surface area contributed by atoms with Crippen LogP contribution in [0.15, 0.2) is 73.2 Å². The number of hydrogen-bond acceptors (Lipinski definition) is 4. The number of fused-ring (bicyclic) bond motifs is 1. The number of carbonyl (C=O) groups is 2. The van der Waals surface area contributed by atoms with Crippen molar-refractivity contribution < 1.29 is 9.59 Å². The smallest absolute Gasteiger partial charge is 0.234 e. The molecule has 2 aromatic carbocycles. The van der Waals surface area contributed by atoms with Gasteiger partial charge in [0.15, 0.2) is 0 Å². The van der Waals surface area contributed by atoms with E-state index in [-0.39, 0.29) is 24.2 Å². The normalized spacial score (nSPS) is 16.1. The summed E-state index contributed by atoms with van der Waals surface area (Å²) in [6.07, 6.45) is 5.74. The predicted octanol–water partition coefficient (Wildman–Crippen LogP) is 3.70. The number of nitrogens with one attached hydrogen (secondary N) is 1. The van der Waals surface area contributed by atoms with Crippen LogP contribution in [0.2, 0.25) is 0 Å². The van der Waals surface area contributed by atoms with Crippen molar-refractivity contribution in [3.63, 3.8) is 0 Å². The van der Waals surface area contributed by atoms with Crippen LogP contribution in [0, 0.1) is 12.8 Å². The molecule has 0 unspecified atom stereocenters. The van der Waals surface area contributed by atoms with Gasteiger partial charge in [-0.3, -0.25) is 14.0 Å². The number of rotatable bonds is 4. The number of aryl methyl sites for hydroxylation is 1. The number of imidazole rings is 1. The molecule has 0 spiro atoms. The van der Waals surface area contributed by atoms with E-state index in [0.717, 1.165) is 22.5 Å². The molecule has 154 valence electrons. The Morgan fingerprint density at radius 1 is 1.10 bits per heavy atom. The highest BCUT2D eigenvalue weighted by atomic mass is 16.2. The summed E-state index contributed by atoms with van der Waals surface area (Å²) in [5, 5.41) is 2.94. The summed E-state index contributed by atoms with van der Waals surface area (Å²) in [5.74, 6) is 0.0874. The first-order valence-electron chi connectivity index (χ1n) is 10.1. The fourth-order valence-electron chi connectivity index (χ4n) is 3.80.